The Hall–Kier alpha value is -2.99. The molecule has 0 spiro atoms. The Morgan fingerprint density at radius 2 is 1.77 bits per heavy atom. The number of nitrogens with zero attached hydrogens (tertiary/aromatic N) is 2. The summed E-state index contributed by atoms with van der Waals surface area (Å²) in [7, 11) is 0. The van der Waals surface area contributed by atoms with Crippen molar-refractivity contribution in [2.24, 2.45) is 0 Å². The highest BCUT2D eigenvalue weighted by Gasteiger charge is 2.26. The Morgan fingerprint density at radius 3 is 2.49 bits per heavy atom. The molecule has 1 fully saturated rings. The van der Waals surface area contributed by atoms with Crippen molar-refractivity contribution in [1.29, 1.82) is 0 Å². The van der Waals surface area contributed by atoms with E-state index in [0.29, 0.717) is 18.0 Å². The van der Waals surface area contributed by atoms with Crippen molar-refractivity contribution in [3.05, 3.63) is 70.2 Å². The highest BCUT2D eigenvalue weighted by molar-refractivity contribution is 7.10. The van der Waals surface area contributed by atoms with Gasteiger partial charge >= 0.3 is 0 Å². The molecule has 0 aliphatic carbocycles. The zero-order chi connectivity index (χ0) is 24.6. The van der Waals surface area contributed by atoms with Gasteiger partial charge in [-0.3, -0.25) is 9.59 Å². The number of aryl methyl sites for hydroxylation is 1. The number of piperidine rings is 1. The molecular weight excluding hydrogens is 454 g/mol. The number of nitrogens with one attached hydrogen (secondary N) is 1. The number of thiazole rings is 1. The highest BCUT2D eigenvalue weighted by atomic mass is 32.1. The minimum Gasteiger partial charge on any atom is -0.343 e. The molecule has 1 aliphatic rings. The summed E-state index contributed by atoms with van der Waals surface area (Å²) in [4.78, 5) is 32.1. The van der Waals surface area contributed by atoms with Crippen LogP contribution in [0.25, 0.3) is 11.1 Å². The van der Waals surface area contributed by atoms with Gasteiger partial charge in [0.25, 0.3) is 5.91 Å². The lowest BCUT2D eigenvalue weighted by Crippen LogP contribution is -2.37. The van der Waals surface area contributed by atoms with E-state index in [2.05, 4.69) is 48.4 Å². The largest absolute Gasteiger partial charge is 0.343 e. The van der Waals surface area contributed by atoms with E-state index in [9.17, 15) is 9.59 Å². The monoisotopic (exact) mass is 489 g/mol. The predicted molar refractivity (Wildman–Crippen MR) is 144 cm³/mol. The number of hydrogen-bond donors (Lipinski definition) is 1. The minimum atomic E-state index is -0.186. The van der Waals surface area contributed by atoms with Crippen LogP contribution < -0.4 is 5.32 Å². The van der Waals surface area contributed by atoms with Crippen LogP contribution in [0.1, 0.15) is 79.3 Å². The topological polar surface area (TPSA) is 62.3 Å². The van der Waals surface area contributed by atoms with Crippen LogP contribution in [-0.2, 0) is 11.2 Å². The van der Waals surface area contributed by atoms with E-state index in [-0.39, 0.29) is 11.8 Å². The van der Waals surface area contributed by atoms with E-state index >= 15 is 0 Å². The zero-order valence-corrected chi connectivity index (χ0v) is 21.6. The van der Waals surface area contributed by atoms with Crippen LogP contribution in [0.3, 0.4) is 0 Å². The molecule has 1 N–H and O–H groups in total. The van der Waals surface area contributed by atoms with Crippen LogP contribution in [-0.4, -0.2) is 34.8 Å². The highest BCUT2D eigenvalue weighted by Crippen LogP contribution is 2.32. The van der Waals surface area contributed by atoms with E-state index in [0.717, 1.165) is 73.4 Å². The van der Waals surface area contributed by atoms with E-state index in [1.807, 2.05) is 34.5 Å². The molecule has 2 aromatic carbocycles. The molecule has 2 heterocycles. The number of likely N-dealkylation sites (tertiary alicyclic amines) is 1. The Balaban J connectivity index is 1.37. The first-order valence-corrected chi connectivity index (χ1v) is 13.7. The summed E-state index contributed by atoms with van der Waals surface area (Å²) in [6.07, 6.45) is 6.70. The molecule has 0 atom stereocenters. The van der Waals surface area contributed by atoms with Gasteiger partial charge < -0.3 is 10.2 Å². The Kier molecular flexibility index (Phi) is 8.69. The summed E-state index contributed by atoms with van der Waals surface area (Å²) in [6, 6.07) is 16.3. The van der Waals surface area contributed by atoms with Crippen LogP contribution in [0.15, 0.2) is 53.9 Å². The van der Waals surface area contributed by atoms with Gasteiger partial charge in [0.2, 0.25) is 5.91 Å². The number of hydrogen-bond acceptors (Lipinski definition) is 4. The van der Waals surface area contributed by atoms with Crippen molar-refractivity contribution in [1.82, 2.24) is 9.88 Å². The lowest BCUT2D eigenvalue weighted by atomic mass is 9.97. The van der Waals surface area contributed by atoms with Gasteiger partial charge in [0, 0.05) is 42.1 Å². The normalized spacial score (nSPS) is 14.2. The van der Waals surface area contributed by atoms with E-state index in [1.165, 1.54) is 5.56 Å². The van der Waals surface area contributed by atoms with Crippen LogP contribution in [0.4, 0.5) is 5.69 Å². The molecule has 0 saturated carbocycles. The Morgan fingerprint density at radius 1 is 1.03 bits per heavy atom. The first-order valence-electron chi connectivity index (χ1n) is 12.8. The maximum absolute atomic E-state index is 13.0. The summed E-state index contributed by atoms with van der Waals surface area (Å²) < 4.78 is 0. The van der Waals surface area contributed by atoms with Crippen molar-refractivity contribution in [3.63, 3.8) is 0 Å². The Bertz CT molecular complexity index is 1130. The predicted octanol–water partition coefficient (Wildman–Crippen LogP) is 6.91. The molecule has 0 bridgehead atoms. The van der Waals surface area contributed by atoms with E-state index < -0.39 is 0 Å². The van der Waals surface area contributed by atoms with Crippen molar-refractivity contribution >= 4 is 28.8 Å². The number of para-hydroxylation sites is 1. The molecule has 35 heavy (non-hydrogen) atoms. The lowest BCUT2D eigenvalue weighted by Gasteiger charge is -2.31. The van der Waals surface area contributed by atoms with Crippen molar-refractivity contribution < 1.29 is 9.59 Å². The quantitative estimate of drug-likeness (QED) is 0.332. The minimum absolute atomic E-state index is 0.186. The first-order chi connectivity index (χ1) is 17.1. The smallest absolute Gasteiger partial charge is 0.275 e. The number of amides is 2. The van der Waals surface area contributed by atoms with Crippen LogP contribution in [0.2, 0.25) is 0 Å². The fraction of sp³-hybridized carbons (Fsp3) is 0.414. The molecule has 1 aliphatic heterocycles. The molecule has 0 radical (unpaired) electrons. The van der Waals surface area contributed by atoms with Gasteiger partial charge in [-0.1, -0.05) is 69.2 Å². The third kappa shape index (κ3) is 6.37. The summed E-state index contributed by atoms with van der Waals surface area (Å²) in [5, 5.41) is 5.92. The maximum atomic E-state index is 13.0. The second kappa shape index (κ2) is 12.1. The first kappa shape index (κ1) is 25.1. The molecule has 1 aromatic heterocycles. The second-order valence-electron chi connectivity index (χ2n) is 9.23. The zero-order valence-electron chi connectivity index (χ0n) is 20.8. The number of carbonyl (C=O) groups is 2. The summed E-state index contributed by atoms with van der Waals surface area (Å²) in [6.45, 7) is 5.85. The van der Waals surface area contributed by atoms with E-state index in [4.69, 9.17) is 0 Å². The van der Waals surface area contributed by atoms with Crippen molar-refractivity contribution in [2.45, 2.75) is 64.7 Å². The van der Waals surface area contributed by atoms with Gasteiger partial charge in [-0.05, 0) is 42.9 Å². The number of benzene rings is 2. The molecule has 184 valence electrons. The van der Waals surface area contributed by atoms with E-state index in [1.54, 1.807) is 11.3 Å². The lowest BCUT2D eigenvalue weighted by molar-refractivity contribution is -0.132. The van der Waals surface area contributed by atoms with Crippen LogP contribution in [0.5, 0.6) is 0 Å². The van der Waals surface area contributed by atoms with Gasteiger partial charge in [-0.25, -0.2) is 4.98 Å². The molecule has 6 heteroatoms. The molecule has 5 nitrogen and oxygen atoms in total. The van der Waals surface area contributed by atoms with Crippen molar-refractivity contribution in [3.8, 4) is 11.1 Å². The van der Waals surface area contributed by atoms with Crippen LogP contribution >= 0.6 is 11.3 Å². The number of unbranched alkanes of at least 4 members (excludes halogenated alkanes) is 2. The molecule has 0 unspecified atom stereocenters. The van der Waals surface area contributed by atoms with Gasteiger partial charge in [0.1, 0.15) is 5.69 Å². The summed E-state index contributed by atoms with van der Waals surface area (Å²) in [5.41, 5.74) is 4.60. The second-order valence-corrected chi connectivity index (χ2v) is 10.1. The number of carbonyl (C=O) groups excluding carboxylic acids is 2. The molecule has 2 amide bonds. The van der Waals surface area contributed by atoms with Gasteiger partial charge in [-0.2, -0.15) is 0 Å². The number of aromatic nitrogens is 1. The molecule has 3 aromatic rings. The standard InChI is InChI=1S/C29H35N3O2S/c1-3-5-6-11-27(33)32-18-16-23(17-19-32)29-31-26(20-35-29)28(34)30-25-10-8-7-9-24(25)22-14-12-21(4-2)13-15-22/h7-10,12-15,20,23H,3-6,11,16-19H2,1-2H3,(H,30,34). The van der Waals surface area contributed by atoms with Crippen molar-refractivity contribution in [2.75, 3.05) is 18.4 Å². The summed E-state index contributed by atoms with van der Waals surface area (Å²) in [5.74, 6) is 0.401. The molecule has 4 rings (SSSR count). The fourth-order valence-electron chi connectivity index (χ4n) is 4.59. The van der Waals surface area contributed by atoms with Gasteiger partial charge in [0.05, 0.1) is 5.01 Å². The number of rotatable bonds is 9. The molecular formula is C29H35N3O2S. The Labute approximate surface area is 212 Å². The van der Waals surface area contributed by atoms with Crippen LogP contribution in [0, 0.1) is 0 Å². The number of anilines is 1. The third-order valence-corrected chi connectivity index (χ3v) is 7.80. The average molecular weight is 490 g/mol. The maximum Gasteiger partial charge on any atom is 0.275 e. The summed E-state index contributed by atoms with van der Waals surface area (Å²) >= 11 is 1.55. The van der Waals surface area contributed by atoms with Gasteiger partial charge in [-0.15, -0.1) is 11.3 Å². The molecule has 1 saturated heterocycles. The van der Waals surface area contributed by atoms with Gasteiger partial charge in [0.15, 0.2) is 0 Å². The fourth-order valence-corrected chi connectivity index (χ4v) is 5.56. The SMILES string of the molecule is CCCCCC(=O)N1CCC(c2nc(C(=O)Nc3ccccc3-c3ccc(CC)cc3)cs2)CC1. The average Bonchev–Trinajstić information content (AvgIpc) is 3.40. The third-order valence-electron chi connectivity index (χ3n) is 6.79.